The molecule has 0 unspecified atom stereocenters. The molecule has 6 nitrogen and oxygen atoms in total. The van der Waals surface area contributed by atoms with Crippen molar-refractivity contribution in [1.82, 2.24) is 9.80 Å². The Balaban J connectivity index is 1.87. The smallest absolute Gasteiger partial charge is 0.290 e. The maximum absolute atomic E-state index is 13.4. The zero-order chi connectivity index (χ0) is 21.4. The first-order chi connectivity index (χ1) is 14.4. The molecule has 1 aliphatic rings. The Morgan fingerprint density at radius 1 is 1.13 bits per heavy atom. The van der Waals surface area contributed by atoms with Gasteiger partial charge in [0.05, 0.1) is 24.1 Å². The highest BCUT2D eigenvalue weighted by Gasteiger charge is 2.42. The molecule has 0 radical (unpaired) electrons. The fourth-order valence-electron chi connectivity index (χ4n) is 3.91. The van der Waals surface area contributed by atoms with E-state index in [1.54, 1.807) is 30.2 Å². The highest BCUT2D eigenvalue weighted by atomic mass is 79.9. The Bertz CT molecular complexity index is 1150. The van der Waals surface area contributed by atoms with Crippen LogP contribution in [0.3, 0.4) is 0 Å². The predicted molar refractivity (Wildman–Crippen MR) is 119 cm³/mol. The summed E-state index contributed by atoms with van der Waals surface area (Å²) >= 11 is 3.45. The normalized spacial score (nSPS) is 15.8. The Hall–Kier alpha value is -2.64. The van der Waals surface area contributed by atoms with Crippen LogP contribution in [0.15, 0.2) is 56.1 Å². The predicted octanol–water partition coefficient (Wildman–Crippen LogP) is 4.06. The van der Waals surface area contributed by atoms with E-state index in [1.165, 1.54) is 0 Å². The molecule has 30 heavy (non-hydrogen) atoms. The van der Waals surface area contributed by atoms with Crippen LogP contribution in [0.4, 0.5) is 0 Å². The third kappa shape index (κ3) is 3.63. The van der Waals surface area contributed by atoms with Gasteiger partial charge in [0.15, 0.2) is 5.43 Å². The van der Waals surface area contributed by atoms with Crippen molar-refractivity contribution in [3.63, 3.8) is 0 Å². The molecule has 0 saturated carbocycles. The molecule has 1 aliphatic heterocycles. The van der Waals surface area contributed by atoms with E-state index in [-0.39, 0.29) is 17.1 Å². The second-order valence-electron chi connectivity index (χ2n) is 7.65. The van der Waals surface area contributed by atoms with Gasteiger partial charge in [-0.15, -0.1) is 0 Å². The Morgan fingerprint density at radius 3 is 2.53 bits per heavy atom. The van der Waals surface area contributed by atoms with E-state index >= 15 is 0 Å². The lowest BCUT2D eigenvalue weighted by molar-refractivity contribution is 0.0722. The maximum atomic E-state index is 13.4. The van der Waals surface area contributed by atoms with Crippen molar-refractivity contribution >= 4 is 32.8 Å². The number of carbonyl (C=O) groups is 1. The minimum absolute atomic E-state index is 0.124. The quantitative estimate of drug-likeness (QED) is 0.543. The molecule has 0 spiro atoms. The number of carbonyl (C=O) groups excluding carboxylic acids is 1. The summed E-state index contributed by atoms with van der Waals surface area (Å²) in [6.45, 7) is 1.37. The topological polar surface area (TPSA) is 63.0 Å². The molecule has 4 rings (SSSR count). The summed E-state index contributed by atoms with van der Waals surface area (Å²) in [4.78, 5) is 30.6. The van der Waals surface area contributed by atoms with Gasteiger partial charge in [0.2, 0.25) is 5.76 Å². The molecule has 2 aromatic carbocycles. The van der Waals surface area contributed by atoms with Gasteiger partial charge in [-0.2, -0.15) is 0 Å². The molecule has 0 aliphatic carbocycles. The van der Waals surface area contributed by atoms with Crippen molar-refractivity contribution in [1.29, 1.82) is 0 Å². The van der Waals surface area contributed by atoms with Crippen LogP contribution >= 0.6 is 15.9 Å². The van der Waals surface area contributed by atoms with E-state index in [2.05, 4.69) is 20.8 Å². The van der Waals surface area contributed by atoms with E-state index in [1.807, 2.05) is 38.4 Å². The van der Waals surface area contributed by atoms with Crippen molar-refractivity contribution < 1.29 is 13.9 Å². The van der Waals surface area contributed by atoms with Crippen molar-refractivity contribution in [3.05, 3.63) is 74.0 Å². The molecule has 0 bridgehead atoms. The molecule has 0 fully saturated rings. The van der Waals surface area contributed by atoms with Gasteiger partial charge in [-0.1, -0.05) is 28.1 Å². The number of methoxy groups -OCH3 is 1. The fourth-order valence-corrected chi connectivity index (χ4v) is 4.17. The third-order valence-corrected chi connectivity index (χ3v) is 5.89. The lowest BCUT2D eigenvalue weighted by Gasteiger charge is -2.25. The molecular formula is C23H23BrN2O4. The summed E-state index contributed by atoms with van der Waals surface area (Å²) in [6, 6.07) is 12.3. The largest absolute Gasteiger partial charge is 0.497 e. The molecule has 3 aromatic rings. The van der Waals surface area contributed by atoms with Gasteiger partial charge in [0.25, 0.3) is 5.91 Å². The molecule has 2 heterocycles. The molecule has 7 heteroatoms. The lowest BCUT2D eigenvalue weighted by atomic mass is 9.98. The summed E-state index contributed by atoms with van der Waals surface area (Å²) in [5, 5.41) is 0.444. The SMILES string of the molecule is COc1ccc2c(=O)c3c(oc2c1)C(=O)N(CCCN(C)C)[C@H]3c1ccc(Br)cc1. The van der Waals surface area contributed by atoms with Crippen LogP contribution in [-0.4, -0.2) is 50.0 Å². The van der Waals surface area contributed by atoms with Crippen molar-refractivity contribution in [3.8, 4) is 5.75 Å². The Morgan fingerprint density at radius 2 is 1.87 bits per heavy atom. The second kappa shape index (κ2) is 8.24. The molecule has 156 valence electrons. The minimum atomic E-state index is -0.467. The number of nitrogens with zero attached hydrogens (tertiary/aromatic N) is 2. The number of rotatable bonds is 6. The first kappa shape index (κ1) is 20.6. The average molecular weight is 471 g/mol. The van der Waals surface area contributed by atoms with Crippen LogP contribution in [0, 0.1) is 0 Å². The van der Waals surface area contributed by atoms with Gasteiger partial charge in [-0.3, -0.25) is 9.59 Å². The van der Waals surface area contributed by atoms with E-state index in [0.29, 0.717) is 28.8 Å². The Labute approximate surface area is 183 Å². The van der Waals surface area contributed by atoms with Crippen LogP contribution < -0.4 is 10.2 Å². The van der Waals surface area contributed by atoms with Gasteiger partial charge >= 0.3 is 0 Å². The zero-order valence-corrected chi connectivity index (χ0v) is 18.7. The van der Waals surface area contributed by atoms with Crippen LogP contribution in [-0.2, 0) is 0 Å². The number of hydrogen-bond acceptors (Lipinski definition) is 5. The zero-order valence-electron chi connectivity index (χ0n) is 17.1. The maximum Gasteiger partial charge on any atom is 0.290 e. The van der Waals surface area contributed by atoms with Crippen molar-refractivity contribution in [2.45, 2.75) is 12.5 Å². The van der Waals surface area contributed by atoms with Crippen LogP contribution in [0.2, 0.25) is 0 Å². The van der Waals surface area contributed by atoms with Gasteiger partial charge in [-0.25, -0.2) is 0 Å². The van der Waals surface area contributed by atoms with Crippen LogP contribution in [0.1, 0.15) is 34.1 Å². The monoisotopic (exact) mass is 470 g/mol. The molecule has 0 saturated heterocycles. The van der Waals surface area contributed by atoms with Crippen LogP contribution in [0.5, 0.6) is 5.75 Å². The van der Waals surface area contributed by atoms with Gasteiger partial charge in [-0.05, 0) is 56.9 Å². The fraction of sp³-hybridized carbons (Fsp3) is 0.304. The van der Waals surface area contributed by atoms with Crippen molar-refractivity contribution in [2.75, 3.05) is 34.3 Å². The number of halogens is 1. The summed E-state index contributed by atoms with van der Waals surface area (Å²) in [7, 11) is 5.55. The van der Waals surface area contributed by atoms with E-state index < -0.39 is 6.04 Å². The minimum Gasteiger partial charge on any atom is -0.497 e. The number of benzene rings is 2. The van der Waals surface area contributed by atoms with Gasteiger partial charge in [0, 0.05) is 17.1 Å². The lowest BCUT2D eigenvalue weighted by Crippen LogP contribution is -2.32. The number of hydrogen-bond donors (Lipinski definition) is 0. The highest BCUT2D eigenvalue weighted by molar-refractivity contribution is 9.10. The highest BCUT2D eigenvalue weighted by Crippen LogP contribution is 2.38. The van der Waals surface area contributed by atoms with Gasteiger partial charge in [0.1, 0.15) is 11.3 Å². The number of fused-ring (bicyclic) bond motifs is 2. The standard InChI is InChI=1S/C23H23BrN2O4/c1-25(2)11-4-12-26-20(14-5-7-15(24)8-6-14)19-21(27)17-10-9-16(29-3)13-18(17)30-22(19)23(26)28/h5-10,13,20H,4,11-12H2,1-3H3/t20-/m0/s1. The third-order valence-electron chi connectivity index (χ3n) is 5.36. The molecule has 1 aromatic heterocycles. The molecule has 0 N–H and O–H groups in total. The first-order valence-corrected chi connectivity index (χ1v) is 10.6. The number of amides is 1. The summed E-state index contributed by atoms with van der Waals surface area (Å²) in [5.41, 5.74) is 1.47. The van der Waals surface area contributed by atoms with E-state index in [9.17, 15) is 9.59 Å². The molecule has 1 amide bonds. The summed E-state index contributed by atoms with van der Waals surface area (Å²) in [6.07, 6.45) is 0.793. The van der Waals surface area contributed by atoms with Crippen LogP contribution in [0.25, 0.3) is 11.0 Å². The second-order valence-corrected chi connectivity index (χ2v) is 8.56. The average Bonchev–Trinajstić information content (AvgIpc) is 3.00. The van der Waals surface area contributed by atoms with E-state index in [0.717, 1.165) is 23.0 Å². The van der Waals surface area contributed by atoms with E-state index in [4.69, 9.17) is 9.15 Å². The molecular weight excluding hydrogens is 448 g/mol. The Kier molecular flexibility index (Phi) is 5.66. The van der Waals surface area contributed by atoms with Gasteiger partial charge < -0.3 is 19.0 Å². The first-order valence-electron chi connectivity index (χ1n) is 9.76. The summed E-state index contributed by atoms with van der Waals surface area (Å²) in [5.74, 6) is 0.445. The summed E-state index contributed by atoms with van der Waals surface area (Å²) < 4.78 is 12.2. The molecule has 1 atom stereocenters. The number of ether oxygens (including phenoxy) is 1. The van der Waals surface area contributed by atoms with Crippen molar-refractivity contribution in [2.24, 2.45) is 0 Å².